The number of hydrogen-bond acceptors (Lipinski definition) is 4. The Kier molecular flexibility index (Phi) is 3.51. The van der Waals surface area contributed by atoms with Crippen LogP contribution in [0.1, 0.15) is 17.2 Å². The van der Waals surface area contributed by atoms with Crippen LogP contribution in [-0.4, -0.2) is 16.3 Å². The van der Waals surface area contributed by atoms with E-state index in [-0.39, 0.29) is 0 Å². The Morgan fingerprint density at radius 3 is 2.25 bits per heavy atom. The quantitative estimate of drug-likeness (QED) is 0.725. The van der Waals surface area contributed by atoms with Crippen molar-refractivity contribution in [3.8, 4) is 12.1 Å². The molecule has 0 saturated heterocycles. The normalized spacial score (nSPS) is 13.6. The molecule has 0 amide bonds. The molecule has 4 nitrogen and oxygen atoms in total. The zero-order chi connectivity index (χ0) is 12.3. The smallest absolute Gasteiger partial charge is 0.170 e. The Labute approximate surface area is 89.6 Å². The van der Waals surface area contributed by atoms with Crippen LogP contribution in [0.4, 0.5) is 8.78 Å². The molecule has 2 N–H and O–H groups in total. The second-order valence-electron chi connectivity index (χ2n) is 2.98. The number of nitrogens with zero attached hydrogens (tertiary/aromatic N) is 2. The van der Waals surface area contributed by atoms with Crippen LogP contribution in [0.2, 0.25) is 0 Å². The molecular weight excluding hydrogens is 218 g/mol. The van der Waals surface area contributed by atoms with Crippen molar-refractivity contribution in [3.05, 3.63) is 34.9 Å². The van der Waals surface area contributed by atoms with Crippen molar-refractivity contribution >= 4 is 0 Å². The summed E-state index contributed by atoms with van der Waals surface area (Å²) in [7, 11) is 0. The maximum Gasteiger partial charge on any atom is 0.170 e. The van der Waals surface area contributed by atoms with Crippen LogP contribution < -0.4 is 0 Å². The molecule has 2 atom stereocenters. The molecule has 82 valence electrons. The summed E-state index contributed by atoms with van der Waals surface area (Å²) in [6, 6.07) is 3.89. The molecule has 0 bridgehead atoms. The van der Waals surface area contributed by atoms with E-state index in [0.29, 0.717) is 12.1 Å². The second kappa shape index (κ2) is 4.67. The lowest BCUT2D eigenvalue weighted by atomic mass is 10.0. The van der Waals surface area contributed by atoms with Crippen LogP contribution in [-0.2, 0) is 0 Å². The summed E-state index contributed by atoms with van der Waals surface area (Å²) < 4.78 is 26.4. The van der Waals surface area contributed by atoms with Gasteiger partial charge in [0.05, 0.1) is 11.6 Å². The van der Waals surface area contributed by atoms with Crippen LogP contribution in [0.15, 0.2) is 12.1 Å². The molecule has 0 fully saturated rings. The number of rotatable bonds is 2. The lowest BCUT2D eigenvalue weighted by Crippen LogP contribution is -2.17. The summed E-state index contributed by atoms with van der Waals surface area (Å²) in [6.45, 7) is 0. The topological polar surface area (TPSA) is 88.0 Å². The predicted molar refractivity (Wildman–Crippen MR) is 47.7 cm³/mol. The molecule has 1 aromatic carbocycles. The largest absolute Gasteiger partial charge is 0.384 e. The van der Waals surface area contributed by atoms with Crippen LogP contribution in [0.5, 0.6) is 0 Å². The summed E-state index contributed by atoms with van der Waals surface area (Å²) in [4.78, 5) is 0. The first-order valence-electron chi connectivity index (χ1n) is 4.16. The Bertz CT molecular complexity index is 491. The molecule has 6 heteroatoms. The van der Waals surface area contributed by atoms with Gasteiger partial charge in [-0.15, -0.1) is 0 Å². The first kappa shape index (κ1) is 12.1. The number of nitriles is 2. The maximum absolute atomic E-state index is 13.3. The average molecular weight is 224 g/mol. The molecule has 0 heterocycles. The van der Waals surface area contributed by atoms with E-state index < -0.39 is 35.0 Å². The number of aliphatic hydroxyl groups is 2. The third-order valence-electron chi connectivity index (χ3n) is 1.96. The van der Waals surface area contributed by atoms with Gasteiger partial charge in [-0.1, -0.05) is 0 Å². The first-order valence-corrected chi connectivity index (χ1v) is 4.16. The molecular formula is C10H6F2N2O2. The van der Waals surface area contributed by atoms with Crippen LogP contribution in [0, 0.1) is 34.3 Å². The van der Waals surface area contributed by atoms with E-state index in [1.807, 2.05) is 0 Å². The van der Waals surface area contributed by atoms with E-state index in [9.17, 15) is 13.9 Å². The van der Waals surface area contributed by atoms with Gasteiger partial charge in [0.25, 0.3) is 0 Å². The molecule has 2 unspecified atom stereocenters. The fraction of sp³-hybridized carbons (Fsp3) is 0.200. The van der Waals surface area contributed by atoms with Gasteiger partial charge in [-0.05, 0) is 12.1 Å². The van der Waals surface area contributed by atoms with Crippen LogP contribution in [0.25, 0.3) is 0 Å². The van der Waals surface area contributed by atoms with E-state index in [1.165, 1.54) is 12.1 Å². The molecule has 1 aromatic rings. The SMILES string of the molecule is N#Cc1cc(F)c(C(O)C(O)C#N)cc1F. The fourth-order valence-electron chi connectivity index (χ4n) is 1.12. The van der Waals surface area contributed by atoms with Crippen molar-refractivity contribution in [2.75, 3.05) is 0 Å². The van der Waals surface area contributed by atoms with Crippen molar-refractivity contribution in [1.82, 2.24) is 0 Å². The van der Waals surface area contributed by atoms with Crippen molar-refractivity contribution in [2.24, 2.45) is 0 Å². The van der Waals surface area contributed by atoms with Gasteiger partial charge in [0, 0.05) is 5.56 Å². The van der Waals surface area contributed by atoms with Crippen molar-refractivity contribution in [3.63, 3.8) is 0 Å². The first-order chi connectivity index (χ1) is 7.51. The lowest BCUT2D eigenvalue weighted by Gasteiger charge is -2.13. The van der Waals surface area contributed by atoms with Gasteiger partial charge in [0.15, 0.2) is 6.10 Å². The summed E-state index contributed by atoms with van der Waals surface area (Å²) in [5.41, 5.74) is -1.08. The van der Waals surface area contributed by atoms with E-state index >= 15 is 0 Å². The van der Waals surface area contributed by atoms with Crippen molar-refractivity contribution < 1.29 is 19.0 Å². The molecule has 0 radical (unpaired) electrons. The third-order valence-corrected chi connectivity index (χ3v) is 1.96. The minimum atomic E-state index is -1.86. The van der Waals surface area contributed by atoms with Crippen molar-refractivity contribution in [1.29, 1.82) is 10.5 Å². The van der Waals surface area contributed by atoms with Gasteiger partial charge >= 0.3 is 0 Å². The van der Waals surface area contributed by atoms with Crippen LogP contribution in [0.3, 0.4) is 0 Å². The Morgan fingerprint density at radius 2 is 1.75 bits per heavy atom. The van der Waals surface area contributed by atoms with E-state index in [1.54, 1.807) is 0 Å². The van der Waals surface area contributed by atoms with Gasteiger partial charge in [0.1, 0.15) is 23.8 Å². The highest BCUT2D eigenvalue weighted by Gasteiger charge is 2.23. The van der Waals surface area contributed by atoms with Gasteiger partial charge in [-0.25, -0.2) is 8.78 Å². The van der Waals surface area contributed by atoms with E-state index in [2.05, 4.69) is 0 Å². The number of hydrogen-bond donors (Lipinski definition) is 2. The Morgan fingerprint density at radius 1 is 1.12 bits per heavy atom. The van der Waals surface area contributed by atoms with Crippen LogP contribution >= 0.6 is 0 Å². The van der Waals surface area contributed by atoms with Gasteiger partial charge in [0.2, 0.25) is 0 Å². The minimum Gasteiger partial charge on any atom is -0.384 e. The minimum absolute atomic E-state index is 0.514. The molecule has 0 saturated carbocycles. The molecule has 1 rings (SSSR count). The van der Waals surface area contributed by atoms with Crippen molar-refractivity contribution in [2.45, 2.75) is 12.2 Å². The molecule has 0 aliphatic heterocycles. The molecule has 0 aliphatic rings. The highest BCUT2D eigenvalue weighted by Crippen LogP contribution is 2.23. The predicted octanol–water partition coefficient (Wildman–Crippen LogP) is 0.754. The number of halogens is 2. The van der Waals surface area contributed by atoms with E-state index in [0.717, 1.165) is 0 Å². The van der Waals surface area contributed by atoms with E-state index in [4.69, 9.17) is 15.6 Å². The van der Waals surface area contributed by atoms with Gasteiger partial charge in [-0.3, -0.25) is 0 Å². The van der Waals surface area contributed by atoms with Gasteiger partial charge in [-0.2, -0.15) is 10.5 Å². The van der Waals surface area contributed by atoms with Gasteiger partial charge < -0.3 is 10.2 Å². The summed E-state index contributed by atoms with van der Waals surface area (Å²) in [6.07, 6.45) is -3.71. The molecule has 16 heavy (non-hydrogen) atoms. The molecule has 0 aliphatic carbocycles. The lowest BCUT2D eigenvalue weighted by molar-refractivity contribution is 0.0501. The Hall–Kier alpha value is -2.02. The second-order valence-corrected chi connectivity index (χ2v) is 2.98. The fourth-order valence-corrected chi connectivity index (χ4v) is 1.12. The molecule has 0 aromatic heterocycles. The zero-order valence-corrected chi connectivity index (χ0v) is 7.85. The highest BCUT2D eigenvalue weighted by molar-refractivity contribution is 5.36. The number of benzene rings is 1. The number of aliphatic hydroxyl groups excluding tert-OH is 2. The monoisotopic (exact) mass is 224 g/mol. The average Bonchev–Trinajstić information content (AvgIpc) is 2.29. The Balaban J connectivity index is 3.23. The zero-order valence-electron chi connectivity index (χ0n) is 7.85. The maximum atomic E-state index is 13.3. The summed E-state index contributed by atoms with van der Waals surface area (Å²) in [5, 5.41) is 35.0. The highest BCUT2D eigenvalue weighted by atomic mass is 19.1. The summed E-state index contributed by atoms with van der Waals surface area (Å²) >= 11 is 0. The third kappa shape index (κ3) is 2.14. The molecule has 0 spiro atoms. The summed E-state index contributed by atoms with van der Waals surface area (Å²) in [5.74, 6) is -2.08. The standard InChI is InChI=1S/C10H6F2N2O2/c11-7-2-6(10(16)9(15)4-14)8(12)1-5(7)3-13/h1-2,9-10,15-16H.